The van der Waals surface area contributed by atoms with E-state index in [9.17, 15) is 34.4 Å². The number of phenolic OH excluding ortho intramolecular Hbond substituents is 1. The number of anilines is 2. The van der Waals surface area contributed by atoms with Crippen LogP contribution in [-0.4, -0.2) is 47.9 Å². The molecule has 0 bridgehead atoms. The predicted molar refractivity (Wildman–Crippen MR) is 168 cm³/mol. The lowest BCUT2D eigenvalue weighted by molar-refractivity contribution is -0.384. The highest BCUT2D eigenvalue weighted by Crippen LogP contribution is 2.64. The van der Waals surface area contributed by atoms with Crippen LogP contribution in [0.3, 0.4) is 0 Å². The average Bonchev–Trinajstić information content (AvgIpc) is 3.44. The van der Waals surface area contributed by atoms with Gasteiger partial charge in [-0.3, -0.25) is 29.3 Å². The number of nitro benzene ring substituents is 1. The Morgan fingerprint density at radius 2 is 1.51 bits per heavy atom. The zero-order chi connectivity index (χ0) is 33.4. The molecule has 6 atom stereocenters. The second kappa shape index (κ2) is 10.8. The van der Waals surface area contributed by atoms with Crippen LogP contribution >= 0.6 is 0 Å². The first kappa shape index (κ1) is 30.2. The first-order chi connectivity index (χ1) is 22.5. The van der Waals surface area contributed by atoms with Gasteiger partial charge in [0.2, 0.25) is 29.4 Å². The molecule has 3 fully saturated rings. The number of amides is 4. The van der Waals surface area contributed by atoms with E-state index in [0.717, 1.165) is 10.5 Å². The Kier molecular flexibility index (Phi) is 6.92. The Bertz CT molecular complexity index is 1880. The summed E-state index contributed by atoms with van der Waals surface area (Å²) in [5, 5.41) is 22.2. The minimum Gasteiger partial charge on any atom is -0.502 e. The van der Waals surface area contributed by atoms with Crippen molar-refractivity contribution in [3.63, 3.8) is 0 Å². The molecule has 12 heteroatoms. The van der Waals surface area contributed by atoms with E-state index in [1.165, 1.54) is 43.4 Å². The van der Waals surface area contributed by atoms with Crippen LogP contribution < -0.4 is 19.3 Å². The molecule has 1 saturated carbocycles. The van der Waals surface area contributed by atoms with Crippen LogP contribution in [-0.2, 0) is 19.2 Å². The number of fused-ring (bicyclic) bond motifs is 4. The maximum absolute atomic E-state index is 14.6. The number of hydrogen-bond donors (Lipinski definition) is 1. The van der Waals surface area contributed by atoms with Crippen LogP contribution in [0.15, 0.2) is 78.4 Å². The first-order valence-corrected chi connectivity index (χ1v) is 15.2. The molecule has 2 aliphatic heterocycles. The van der Waals surface area contributed by atoms with E-state index in [4.69, 9.17) is 9.47 Å². The van der Waals surface area contributed by atoms with E-state index in [2.05, 4.69) is 0 Å². The first-order valence-electron chi connectivity index (χ1n) is 15.2. The van der Waals surface area contributed by atoms with Gasteiger partial charge in [-0.25, -0.2) is 9.80 Å². The molecule has 240 valence electrons. The number of aromatic hydroxyl groups is 1. The third-order valence-corrected chi connectivity index (χ3v) is 10.4. The molecule has 0 aromatic heterocycles. The molecule has 47 heavy (non-hydrogen) atoms. The molecule has 0 radical (unpaired) electrons. The summed E-state index contributed by atoms with van der Waals surface area (Å²) in [4.78, 5) is 70.1. The normalized spacial score (nSPS) is 28.1. The topological polar surface area (TPSA) is 157 Å². The lowest BCUT2D eigenvalue weighted by Crippen LogP contribution is -2.48. The summed E-state index contributed by atoms with van der Waals surface area (Å²) < 4.78 is 10.9. The summed E-state index contributed by atoms with van der Waals surface area (Å²) in [7, 11) is 2.78. The number of carbonyl (C=O) groups excluding carboxylic acids is 4. The Balaban J connectivity index is 1.39. The third-order valence-electron chi connectivity index (χ3n) is 10.4. The van der Waals surface area contributed by atoms with Crippen LogP contribution in [0.25, 0.3) is 0 Å². The maximum Gasteiger partial charge on any atom is 0.271 e. The Labute approximate surface area is 269 Å². The minimum absolute atomic E-state index is 0.108. The number of carbonyl (C=O) groups is 4. The van der Waals surface area contributed by atoms with Crippen LogP contribution in [0.2, 0.25) is 0 Å². The van der Waals surface area contributed by atoms with Gasteiger partial charge in [-0.15, -0.1) is 0 Å². The average molecular weight is 638 g/mol. The molecule has 12 nitrogen and oxygen atoms in total. The molecule has 4 amide bonds. The van der Waals surface area contributed by atoms with Gasteiger partial charge < -0.3 is 14.6 Å². The van der Waals surface area contributed by atoms with Gasteiger partial charge in [0.25, 0.3) is 5.69 Å². The van der Waals surface area contributed by atoms with E-state index in [1.54, 1.807) is 49.4 Å². The summed E-state index contributed by atoms with van der Waals surface area (Å²) in [6, 6.07) is 17.3. The van der Waals surface area contributed by atoms with Crippen LogP contribution in [0.1, 0.15) is 31.2 Å². The highest BCUT2D eigenvalue weighted by atomic mass is 16.6. The van der Waals surface area contributed by atoms with Gasteiger partial charge in [-0.05, 0) is 61.6 Å². The number of non-ortho nitro benzene ring substituents is 1. The summed E-state index contributed by atoms with van der Waals surface area (Å²) >= 11 is 0. The largest absolute Gasteiger partial charge is 0.502 e. The number of phenols is 1. The Hall–Kier alpha value is -5.52. The lowest BCUT2D eigenvalue weighted by atomic mass is 9.51. The van der Waals surface area contributed by atoms with E-state index < -0.39 is 63.6 Å². The predicted octanol–water partition coefficient (Wildman–Crippen LogP) is 4.75. The van der Waals surface area contributed by atoms with Crippen molar-refractivity contribution in [3.05, 3.63) is 94.1 Å². The number of nitrogens with zero attached hydrogens (tertiary/aromatic N) is 3. The molecule has 2 saturated heterocycles. The van der Waals surface area contributed by atoms with E-state index in [-0.39, 0.29) is 41.5 Å². The van der Waals surface area contributed by atoms with Crippen molar-refractivity contribution in [2.24, 2.45) is 29.1 Å². The highest BCUT2D eigenvalue weighted by molar-refractivity contribution is 6.25. The van der Waals surface area contributed by atoms with Gasteiger partial charge in [-0.1, -0.05) is 35.9 Å². The number of benzene rings is 3. The van der Waals surface area contributed by atoms with Gasteiger partial charge in [0, 0.05) is 18.1 Å². The van der Waals surface area contributed by atoms with Crippen molar-refractivity contribution in [2.45, 2.75) is 25.7 Å². The summed E-state index contributed by atoms with van der Waals surface area (Å²) in [5.41, 5.74) is 0.256. The van der Waals surface area contributed by atoms with Crippen molar-refractivity contribution in [1.82, 2.24) is 0 Å². The van der Waals surface area contributed by atoms with Crippen molar-refractivity contribution < 1.29 is 38.7 Å². The van der Waals surface area contributed by atoms with Gasteiger partial charge in [0.05, 0.1) is 53.7 Å². The van der Waals surface area contributed by atoms with E-state index in [0.29, 0.717) is 11.3 Å². The van der Waals surface area contributed by atoms with Crippen LogP contribution in [0, 0.1) is 39.2 Å². The molecule has 3 aromatic rings. The Morgan fingerprint density at radius 1 is 0.851 bits per heavy atom. The lowest BCUT2D eigenvalue weighted by Gasteiger charge is -2.49. The van der Waals surface area contributed by atoms with Crippen molar-refractivity contribution >= 4 is 40.7 Å². The number of para-hydroxylation sites is 1. The minimum atomic E-state index is -1.31. The van der Waals surface area contributed by atoms with Crippen molar-refractivity contribution in [1.29, 1.82) is 0 Å². The second-order valence-electron chi connectivity index (χ2n) is 12.6. The standard InChI is InChI=1S/C35H31N3O9/c1-35-25(32(41)37(34(35)43)19-8-5-4-6-9-19)17-24-22(29(35)18-14-26(46-2)30(39)27(15-18)47-3)12-13-23-28(24)33(42)36(31(23)40)20-10-7-11-21(16-20)38(44)45/h4-12,14-16,23-25,28-29,39H,13,17H2,1-3H3/t23-,24+,25-,28-,29-,35+/m0/s1. The number of methoxy groups -OCH3 is 2. The number of hydrogen-bond acceptors (Lipinski definition) is 9. The molecule has 0 unspecified atom stereocenters. The van der Waals surface area contributed by atoms with Crippen molar-refractivity contribution in [2.75, 3.05) is 24.0 Å². The number of rotatable bonds is 6. The molecule has 0 spiro atoms. The molecular formula is C35H31N3O9. The molecule has 2 aliphatic carbocycles. The molecular weight excluding hydrogens is 606 g/mol. The highest BCUT2D eigenvalue weighted by Gasteiger charge is 2.67. The SMILES string of the molecule is COc1cc([C@H]2C3=CC[C@@H]4C(=O)N(c5cccc([N+](=O)[O-])c5)C(=O)[C@@H]4[C@@H]3C[C@H]3C(=O)N(c4ccccc4)C(=O)[C@@]23C)cc(OC)c1O. The monoisotopic (exact) mass is 637 g/mol. The van der Waals surface area contributed by atoms with Gasteiger partial charge >= 0.3 is 0 Å². The molecule has 2 heterocycles. The van der Waals surface area contributed by atoms with Gasteiger partial charge in [-0.2, -0.15) is 0 Å². The summed E-state index contributed by atoms with van der Waals surface area (Å²) in [5.74, 6) is -5.60. The number of ether oxygens (including phenoxy) is 2. The number of allylic oxidation sites excluding steroid dienone is 2. The van der Waals surface area contributed by atoms with E-state index in [1.807, 2.05) is 6.08 Å². The van der Waals surface area contributed by atoms with Crippen molar-refractivity contribution in [3.8, 4) is 17.2 Å². The molecule has 1 N–H and O–H groups in total. The fourth-order valence-corrected chi connectivity index (χ4v) is 8.30. The fraction of sp³-hybridized carbons (Fsp3) is 0.314. The number of nitro groups is 1. The summed E-state index contributed by atoms with van der Waals surface area (Å²) in [6.07, 6.45) is 2.23. The zero-order valence-electron chi connectivity index (χ0n) is 25.8. The third kappa shape index (κ3) is 4.20. The van der Waals surface area contributed by atoms with Crippen LogP contribution in [0.5, 0.6) is 17.2 Å². The Morgan fingerprint density at radius 3 is 2.15 bits per heavy atom. The maximum atomic E-state index is 14.6. The molecule has 3 aromatic carbocycles. The zero-order valence-corrected chi connectivity index (χ0v) is 25.8. The quantitative estimate of drug-likeness (QED) is 0.174. The van der Waals surface area contributed by atoms with Gasteiger partial charge in [0.1, 0.15) is 0 Å². The summed E-state index contributed by atoms with van der Waals surface area (Å²) in [6.45, 7) is 1.76. The van der Waals surface area contributed by atoms with Gasteiger partial charge in [0.15, 0.2) is 11.5 Å². The van der Waals surface area contributed by atoms with Crippen LogP contribution in [0.4, 0.5) is 17.1 Å². The van der Waals surface area contributed by atoms with E-state index >= 15 is 0 Å². The molecule has 7 rings (SSSR count). The molecule has 4 aliphatic rings. The smallest absolute Gasteiger partial charge is 0.271 e. The fourth-order valence-electron chi connectivity index (χ4n) is 8.30. The number of imide groups is 2. The second-order valence-corrected chi connectivity index (χ2v) is 12.6.